The van der Waals surface area contributed by atoms with E-state index in [-0.39, 0.29) is 27.5 Å². The topological polar surface area (TPSA) is 75.7 Å². The number of nitrogens with one attached hydrogen (secondary N) is 1. The summed E-state index contributed by atoms with van der Waals surface area (Å²) in [6.07, 6.45) is 1.68. The third-order valence-corrected chi connectivity index (χ3v) is 6.85. The van der Waals surface area contributed by atoms with Crippen LogP contribution in [0, 0.1) is 0 Å². The lowest BCUT2D eigenvalue weighted by Gasteiger charge is -2.35. The minimum atomic E-state index is -3.88. The smallest absolute Gasteiger partial charge is 0.407 e. The highest BCUT2D eigenvalue weighted by atomic mass is 35.5. The van der Waals surface area contributed by atoms with E-state index in [2.05, 4.69) is 5.32 Å². The van der Waals surface area contributed by atoms with Crippen molar-refractivity contribution < 1.29 is 17.9 Å². The number of rotatable bonds is 4. The minimum absolute atomic E-state index is 0.0851. The molecule has 1 amide bonds. The third kappa shape index (κ3) is 5.25. The molecule has 6 nitrogen and oxygen atoms in total. The Kier molecular flexibility index (Phi) is 6.82. The van der Waals surface area contributed by atoms with E-state index in [0.717, 1.165) is 12.8 Å². The molecule has 0 bridgehead atoms. The van der Waals surface area contributed by atoms with Crippen molar-refractivity contribution in [2.45, 2.75) is 56.6 Å². The fourth-order valence-electron chi connectivity index (χ4n) is 2.86. The van der Waals surface area contributed by atoms with Gasteiger partial charge in [0.15, 0.2) is 0 Å². The van der Waals surface area contributed by atoms with Gasteiger partial charge in [0.25, 0.3) is 0 Å². The summed E-state index contributed by atoms with van der Waals surface area (Å²) in [5.74, 6) is 0. The molecule has 0 aliphatic carbocycles. The maximum absolute atomic E-state index is 13.1. The Morgan fingerprint density at radius 2 is 1.88 bits per heavy atom. The van der Waals surface area contributed by atoms with Crippen LogP contribution < -0.4 is 5.32 Å². The molecule has 1 heterocycles. The van der Waals surface area contributed by atoms with Crippen molar-refractivity contribution in [1.29, 1.82) is 0 Å². The maximum Gasteiger partial charge on any atom is 0.407 e. The first-order chi connectivity index (χ1) is 12.0. The lowest BCUT2D eigenvalue weighted by atomic mass is 10.1. The van der Waals surface area contributed by atoms with Crippen LogP contribution in [0.1, 0.15) is 40.0 Å². The molecule has 1 aromatic carbocycles. The van der Waals surface area contributed by atoms with Crippen molar-refractivity contribution in [1.82, 2.24) is 9.62 Å². The first-order valence-electron chi connectivity index (χ1n) is 8.45. The second-order valence-corrected chi connectivity index (χ2v) is 9.84. The molecule has 1 saturated heterocycles. The van der Waals surface area contributed by atoms with E-state index < -0.39 is 21.7 Å². The van der Waals surface area contributed by atoms with Gasteiger partial charge in [0.2, 0.25) is 10.0 Å². The summed E-state index contributed by atoms with van der Waals surface area (Å²) in [7, 11) is -3.88. The Morgan fingerprint density at radius 1 is 1.27 bits per heavy atom. The molecular formula is C17H24Cl2N2O4S. The number of ether oxygens (including phenoxy) is 1. The predicted octanol–water partition coefficient (Wildman–Crippen LogP) is 4.06. The Labute approximate surface area is 164 Å². The van der Waals surface area contributed by atoms with Crippen LogP contribution in [0.3, 0.4) is 0 Å². The molecule has 146 valence electrons. The summed E-state index contributed by atoms with van der Waals surface area (Å²) in [5.41, 5.74) is -0.618. The monoisotopic (exact) mass is 422 g/mol. The largest absolute Gasteiger partial charge is 0.444 e. The molecule has 0 aromatic heterocycles. The van der Waals surface area contributed by atoms with Gasteiger partial charge < -0.3 is 10.1 Å². The summed E-state index contributed by atoms with van der Waals surface area (Å²) in [6, 6.07) is 4.21. The lowest BCUT2D eigenvalue weighted by molar-refractivity contribution is 0.0512. The number of sulfonamides is 1. The first kappa shape index (κ1) is 21.3. The molecule has 9 heteroatoms. The Bertz CT molecular complexity index is 742. The maximum atomic E-state index is 13.1. The summed E-state index contributed by atoms with van der Waals surface area (Å²) in [4.78, 5) is 11.8. The number of alkyl carbamates (subject to hydrolysis) is 1. The molecule has 1 N–H and O–H groups in total. The molecule has 26 heavy (non-hydrogen) atoms. The summed E-state index contributed by atoms with van der Waals surface area (Å²) >= 11 is 12.2. The van der Waals surface area contributed by atoms with Crippen LogP contribution in [0.2, 0.25) is 10.0 Å². The Hall–Kier alpha value is -1.02. The molecule has 1 unspecified atom stereocenters. The molecular weight excluding hydrogens is 399 g/mol. The van der Waals surface area contributed by atoms with Gasteiger partial charge in [-0.05, 0) is 45.7 Å². The number of hydrogen-bond donors (Lipinski definition) is 1. The van der Waals surface area contributed by atoms with Crippen LogP contribution in [0.25, 0.3) is 0 Å². The van der Waals surface area contributed by atoms with Crippen molar-refractivity contribution in [3.05, 3.63) is 28.2 Å². The Balaban J connectivity index is 2.19. The van der Waals surface area contributed by atoms with Crippen molar-refractivity contribution in [2.24, 2.45) is 0 Å². The predicted molar refractivity (Wildman–Crippen MR) is 102 cm³/mol. The molecule has 2 rings (SSSR count). The standard InChI is InChI=1S/C17H24Cl2N2O4S/c1-17(2,3)25-16(22)20-11-12-7-4-5-10-21(12)26(23,24)15-13(18)8-6-9-14(15)19/h6,8-9,12H,4-5,7,10-11H2,1-3H3,(H,20,22). The highest BCUT2D eigenvalue weighted by Crippen LogP contribution is 2.34. The van der Waals surface area contributed by atoms with Gasteiger partial charge in [-0.1, -0.05) is 35.7 Å². The van der Waals surface area contributed by atoms with Crippen LogP contribution in [-0.4, -0.2) is 43.5 Å². The van der Waals surface area contributed by atoms with Gasteiger partial charge in [-0.15, -0.1) is 0 Å². The van der Waals surface area contributed by atoms with Gasteiger partial charge in [-0.3, -0.25) is 0 Å². The van der Waals surface area contributed by atoms with Gasteiger partial charge in [-0.25, -0.2) is 13.2 Å². The van der Waals surface area contributed by atoms with Gasteiger partial charge >= 0.3 is 6.09 Å². The van der Waals surface area contributed by atoms with Gasteiger partial charge in [0.05, 0.1) is 10.0 Å². The molecule has 1 aromatic rings. The van der Waals surface area contributed by atoms with Crippen LogP contribution in [0.15, 0.2) is 23.1 Å². The van der Waals surface area contributed by atoms with E-state index in [1.165, 1.54) is 16.4 Å². The third-order valence-electron chi connectivity index (χ3n) is 3.94. The highest BCUT2D eigenvalue weighted by Gasteiger charge is 2.36. The SMILES string of the molecule is CC(C)(C)OC(=O)NCC1CCCCN1S(=O)(=O)c1c(Cl)cccc1Cl. The van der Waals surface area contributed by atoms with E-state index >= 15 is 0 Å². The molecule has 1 fully saturated rings. The number of piperidine rings is 1. The van der Waals surface area contributed by atoms with Crippen molar-refractivity contribution in [2.75, 3.05) is 13.1 Å². The van der Waals surface area contributed by atoms with Gasteiger partial charge in [-0.2, -0.15) is 4.31 Å². The number of nitrogens with zero attached hydrogens (tertiary/aromatic N) is 1. The van der Waals surface area contributed by atoms with E-state index in [1.54, 1.807) is 26.8 Å². The van der Waals surface area contributed by atoms with Gasteiger partial charge in [0, 0.05) is 19.1 Å². The van der Waals surface area contributed by atoms with Crippen LogP contribution >= 0.6 is 23.2 Å². The zero-order chi connectivity index (χ0) is 19.5. The number of benzene rings is 1. The number of halogens is 2. The second-order valence-electron chi connectivity index (χ2n) is 7.20. The molecule has 1 aliphatic rings. The van der Waals surface area contributed by atoms with Gasteiger partial charge in [0.1, 0.15) is 10.5 Å². The van der Waals surface area contributed by atoms with Crippen molar-refractivity contribution >= 4 is 39.3 Å². The van der Waals surface area contributed by atoms with Crippen LogP contribution in [0.4, 0.5) is 4.79 Å². The van der Waals surface area contributed by atoms with Crippen LogP contribution in [0.5, 0.6) is 0 Å². The quantitative estimate of drug-likeness (QED) is 0.793. The molecule has 1 atom stereocenters. The molecule has 0 spiro atoms. The number of amides is 1. The van der Waals surface area contributed by atoms with Crippen LogP contribution in [-0.2, 0) is 14.8 Å². The molecule has 0 radical (unpaired) electrons. The lowest BCUT2D eigenvalue weighted by Crippen LogP contribution is -2.49. The number of carbonyl (C=O) groups is 1. The fraction of sp³-hybridized carbons (Fsp3) is 0.588. The zero-order valence-electron chi connectivity index (χ0n) is 15.1. The molecule has 1 aliphatic heterocycles. The number of hydrogen-bond acceptors (Lipinski definition) is 4. The van der Waals surface area contributed by atoms with E-state index in [4.69, 9.17) is 27.9 Å². The van der Waals surface area contributed by atoms with E-state index in [9.17, 15) is 13.2 Å². The number of carbonyl (C=O) groups excluding carboxylic acids is 1. The summed E-state index contributed by atoms with van der Waals surface area (Å²) in [5, 5.41) is 2.83. The summed E-state index contributed by atoms with van der Waals surface area (Å²) < 4.78 is 32.8. The fourth-order valence-corrected chi connectivity index (χ4v) is 5.64. The van der Waals surface area contributed by atoms with E-state index in [1.807, 2.05) is 0 Å². The average molecular weight is 423 g/mol. The Morgan fingerprint density at radius 3 is 2.46 bits per heavy atom. The second kappa shape index (κ2) is 8.33. The summed E-state index contributed by atoms with van der Waals surface area (Å²) in [6.45, 7) is 5.82. The highest BCUT2D eigenvalue weighted by molar-refractivity contribution is 7.89. The zero-order valence-corrected chi connectivity index (χ0v) is 17.4. The average Bonchev–Trinajstić information content (AvgIpc) is 2.51. The van der Waals surface area contributed by atoms with Crippen molar-refractivity contribution in [3.8, 4) is 0 Å². The molecule has 0 saturated carbocycles. The minimum Gasteiger partial charge on any atom is -0.444 e. The van der Waals surface area contributed by atoms with E-state index in [0.29, 0.717) is 13.0 Å². The first-order valence-corrected chi connectivity index (χ1v) is 10.6. The van der Waals surface area contributed by atoms with Crippen molar-refractivity contribution in [3.63, 3.8) is 0 Å². The normalized spacial score (nSPS) is 19.2.